The third-order valence-corrected chi connectivity index (χ3v) is 1.02. The Morgan fingerprint density at radius 2 is 2.00 bits per heavy atom. The lowest BCUT2D eigenvalue weighted by Gasteiger charge is -1.99. The molecular formula is C6H10O3. The Labute approximate surface area is 53.7 Å². The summed E-state index contributed by atoms with van der Waals surface area (Å²) in [5.41, 5.74) is 0. The Balaban J connectivity index is 3.63. The van der Waals surface area contributed by atoms with Crippen LogP contribution in [0.15, 0.2) is 0 Å². The Morgan fingerprint density at radius 3 is 2.11 bits per heavy atom. The predicted octanol–water partition coefficient (Wildman–Crippen LogP) is 0.686. The van der Waals surface area contributed by atoms with E-state index in [4.69, 9.17) is 5.11 Å². The lowest BCUT2D eigenvalue weighted by atomic mass is 10.1. The minimum atomic E-state index is -0.912. The number of carbonyl (C=O) groups excluding carboxylic acids is 1. The van der Waals surface area contributed by atoms with E-state index in [9.17, 15) is 9.59 Å². The van der Waals surface area contributed by atoms with Gasteiger partial charge in [-0.3, -0.25) is 4.79 Å². The van der Waals surface area contributed by atoms with Crippen LogP contribution in [-0.2, 0) is 9.59 Å². The Kier molecular flexibility index (Phi) is 2.91. The quantitative estimate of drug-likeness (QED) is 0.611. The molecule has 0 saturated heterocycles. The van der Waals surface area contributed by atoms with E-state index in [2.05, 4.69) is 0 Å². The van der Waals surface area contributed by atoms with Crippen LogP contribution in [0.5, 0.6) is 0 Å². The minimum absolute atomic E-state index is 0.0788. The first-order chi connectivity index (χ1) is 4.04. The van der Waals surface area contributed by atoms with Crippen LogP contribution in [-0.4, -0.2) is 16.9 Å². The van der Waals surface area contributed by atoms with Gasteiger partial charge >= 0.3 is 5.97 Å². The zero-order chi connectivity index (χ0) is 7.44. The van der Waals surface area contributed by atoms with E-state index >= 15 is 0 Å². The highest BCUT2D eigenvalue weighted by molar-refractivity contribution is 5.81. The van der Waals surface area contributed by atoms with Crippen molar-refractivity contribution in [3.63, 3.8) is 0 Å². The summed E-state index contributed by atoms with van der Waals surface area (Å²) >= 11 is 0. The molecule has 9 heavy (non-hydrogen) atoms. The molecular weight excluding hydrogens is 120 g/mol. The van der Waals surface area contributed by atoms with Crippen LogP contribution in [0.3, 0.4) is 0 Å². The molecule has 0 fully saturated rings. The minimum Gasteiger partial charge on any atom is -0.481 e. The fraction of sp³-hybridized carbons (Fsp3) is 0.667. The summed E-state index contributed by atoms with van der Waals surface area (Å²) in [6.07, 6.45) is 0.134. The first kappa shape index (κ1) is 8.14. The SMILES string of the molecule is CC(=O)C[C@@H](C)C(=O)O. The molecule has 3 heteroatoms. The molecule has 0 unspecified atom stereocenters. The molecule has 1 N–H and O–H groups in total. The third-order valence-electron chi connectivity index (χ3n) is 1.02. The second-order valence-corrected chi connectivity index (χ2v) is 2.15. The van der Waals surface area contributed by atoms with E-state index in [1.807, 2.05) is 0 Å². The molecule has 0 aliphatic rings. The average Bonchev–Trinajstić information content (AvgIpc) is 1.63. The maximum atomic E-state index is 10.3. The maximum absolute atomic E-state index is 10.3. The molecule has 52 valence electrons. The van der Waals surface area contributed by atoms with Crippen LogP contribution in [0.2, 0.25) is 0 Å². The van der Waals surface area contributed by atoms with Crippen LogP contribution in [0.25, 0.3) is 0 Å². The molecule has 0 bridgehead atoms. The van der Waals surface area contributed by atoms with Crippen molar-refractivity contribution in [2.45, 2.75) is 20.3 Å². The highest BCUT2D eigenvalue weighted by Gasteiger charge is 2.11. The van der Waals surface area contributed by atoms with Crippen molar-refractivity contribution in [2.75, 3.05) is 0 Å². The van der Waals surface area contributed by atoms with Gasteiger partial charge in [-0.15, -0.1) is 0 Å². The standard InChI is InChI=1S/C6H10O3/c1-4(6(8)9)3-5(2)7/h4H,3H2,1-2H3,(H,8,9)/t4-/m1/s1. The zero-order valence-corrected chi connectivity index (χ0v) is 5.55. The number of carboxylic acid groups (broad SMARTS) is 1. The predicted molar refractivity (Wildman–Crippen MR) is 32.1 cm³/mol. The van der Waals surface area contributed by atoms with Crippen LogP contribution in [0.1, 0.15) is 20.3 Å². The Bertz CT molecular complexity index is 128. The van der Waals surface area contributed by atoms with Crippen molar-refractivity contribution in [3.05, 3.63) is 0 Å². The molecule has 0 spiro atoms. The first-order valence-corrected chi connectivity index (χ1v) is 2.76. The summed E-state index contributed by atoms with van der Waals surface area (Å²) in [6.45, 7) is 2.91. The summed E-state index contributed by atoms with van der Waals surface area (Å²) in [7, 11) is 0. The monoisotopic (exact) mass is 130 g/mol. The van der Waals surface area contributed by atoms with Crippen molar-refractivity contribution >= 4 is 11.8 Å². The van der Waals surface area contributed by atoms with Gasteiger partial charge in [-0.25, -0.2) is 0 Å². The molecule has 0 aromatic heterocycles. The van der Waals surface area contributed by atoms with E-state index in [1.54, 1.807) is 0 Å². The molecule has 3 nitrogen and oxygen atoms in total. The van der Waals surface area contributed by atoms with Crippen LogP contribution < -0.4 is 0 Å². The maximum Gasteiger partial charge on any atom is 0.306 e. The molecule has 0 amide bonds. The molecule has 0 aromatic carbocycles. The van der Waals surface area contributed by atoms with Gasteiger partial charge < -0.3 is 9.90 Å². The Morgan fingerprint density at radius 1 is 1.56 bits per heavy atom. The summed E-state index contributed by atoms with van der Waals surface area (Å²) < 4.78 is 0. The number of ketones is 1. The number of hydrogen-bond donors (Lipinski definition) is 1. The van der Waals surface area contributed by atoms with Gasteiger partial charge in [0.05, 0.1) is 5.92 Å². The van der Waals surface area contributed by atoms with Gasteiger partial charge in [0.1, 0.15) is 5.78 Å². The number of carbonyl (C=O) groups is 2. The number of carboxylic acids is 1. The van der Waals surface area contributed by atoms with E-state index in [0.29, 0.717) is 0 Å². The van der Waals surface area contributed by atoms with E-state index in [1.165, 1.54) is 13.8 Å². The molecule has 0 saturated carbocycles. The van der Waals surface area contributed by atoms with Gasteiger partial charge in [0.2, 0.25) is 0 Å². The van der Waals surface area contributed by atoms with Crippen molar-refractivity contribution in [2.24, 2.45) is 5.92 Å². The molecule has 1 atom stereocenters. The van der Waals surface area contributed by atoms with Crippen molar-refractivity contribution in [3.8, 4) is 0 Å². The summed E-state index contributed by atoms with van der Waals surface area (Å²) in [6, 6.07) is 0. The van der Waals surface area contributed by atoms with Gasteiger partial charge in [-0.05, 0) is 6.92 Å². The summed E-state index contributed by atoms with van der Waals surface area (Å²) in [5, 5.41) is 8.28. The number of rotatable bonds is 3. The normalized spacial score (nSPS) is 12.7. The largest absolute Gasteiger partial charge is 0.481 e. The second-order valence-electron chi connectivity index (χ2n) is 2.15. The van der Waals surface area contributed by atoms with Crippen molar-refractivity contribution in [1.29, 1.82) is 0 Å². The smallest absolute Gasteiger partial charge is 0.306 e. The van der Waals surface area contributed by atoms with E-state index < -0.39 is 11.9 Å². The van der Waals surface area contributed by atoms with E-state index in [-0.39, 0.29) is 12.2 Å². The zero-order valence-electron chi connectivity index (χ0n) is 5.55. The summed E-state index contributed by atoms with van der Waals surface area (Å²) in [4.78, 5) is 20.4. The molecule has 0 radical (unpaired) electrons. The van der Waals surface area contributed by atoms with E-state index in [0.717, 1.165) is 0 Å². The van der Waals surface area contributed by atoms with Gasteiger partial charge in [0.25, 0.3) is 0 Å². The van der Waals surface area contributed by atoms with Crippen molar-refractivity contribution < 1.29 is 14.7 Å². The highest BCUT2D eigenvalue weighted by atomic mass is 16.4. The second kappa shape index (κ2) is 3.22. The fourth-order valence-corrected chi connectivity index (χ4v) is 0.518. The number of Topliss-reactive ketones (excluding diaryl/α,β-unsaturated/α-hetero) is 1. The topological polar surface area (TPSA) is 54.4 Å². The van der Waals surface area contributed by atoms with Crippen molar-refractivity contribution in [1.82, 2.24) is 0 Å². The Hall–Kier alpha value is -0.860. The van der Waals surface area contributed by atoms with Gasteiger partial charge in [-0.2, -0.15) is 0 Å². The molecule has 0 heterocycles. The van der Waals surface area contributed by atoms with Crippen LogP contribution in [0.4, 0.5) is 0 Å². The average molecular weight is 130 g/mol. The molecule has 0 aliphatic carbocycles. The van der Waals surface area contributed by atoms with Crippen LogP contribution >= 0.6 is 0 Å². The van der Waals surface area contributed by atoms with Gasteiger partial charge in [-0.1, -0.05) is 6.92 Å². The number of aliphatic carboxylic acids is 1. The fourth-order valence-electron chi connectivity index (χ4n) is 0.518. The highest BCUT2D eigenvalue weighted by Crippen LogP contribution is 2.00. The molecule has 0 rings (SSSR count). The van der Waals surface area contributed by atoms with Gasteiger partial charge in [0.15, 0.2) is 0 Å². The van der Waals surface area contributed by atoms with Gasteiger partial charge in [0, 0.05) is 6.42 Å². The first-order valence-electron chi connectivity index (χ1n) is 2.76. The summed E-state index contributed by atoms with van der Waals surface area (Å²) in [5.74, 6) is -1.53. The number of hydrogen-bond acceptors (Lipinski definition) is 2. The molecule has 0 aromatic rings. The lowest BCUT2D eigenvalue weighted by Crippen LogP contribution is -2.12. The van der Waals surface area contributed by atoms with Crippen LogP contribution in [0, 0.1) is 5.92 Å². The third kappa shape index (κ3) is 3.70. The molecule has 0 aliphatic heterocycles. The lowest BCUT2D eigenvalue weighted by molar-refractivity contribution is -0.142.